The van der Waals surface area contributed by atoms with Crippen LogP contribution in [0.4, 0.5) is 0 Å². The Kier molecular flexibility index (Phi) is 3.11. The smallest absolute Gasteiger partial charge is 0.241 e. The molecule has 0 aliphatic heterocycles. The van der Waals surface area contributed by atoms with Crippen LogP contribution in [0.3, 0.4) is 0 Å². The van der Waals surface area contributed by atoms with Gasteiger partial charge in [-0.25, -0.2) is 8.42 Å². The highest BCUT2D eigenvalue weighted by Gasteiger charge is 2.13. The Morgan fingerprint density at radius 2 is 1.90 bits per heavy atom. The van der Waals surface area contributed by atoms with Gasteiger partial charge in [0.1, 0.15) is 5.75 Å². The number of rotatable bonds is 2. The molecule has 0 aromatic heterocycles. The van der Waals surface area contributed by atoms with Crippen LogP contribution in [-0.4, -0.2) is 39.1 Å². The lowest BCUT2D eigenvalue weighted by Crippen LogP contribution is -2.27. The fourth-order valence-corrected chi connectivity index (χ4v) is 1.11. The Morgan fingerprint density at radius 1 is 1.50 bits per heavy atom. The third-order valence-electron chi connectivity index (χ3n) is 0.795. The Bertz CT molecular complexity index is 221. The molecule has 0 radical (unpaired) electrons. The average Bonchev–Trinajstić information content (AvgIpc) is 1.60. The summed E-state index contributed by atoms with van der Waals surface area (Å²) in [5.74, 6) is -1.16. The standard InChI is InChI=1S/C4H8ClNO3S/c1-6(2)4(7)3-10(5,8)9/h3H2,1-2H3. The summed E-state index contributed by atoms with van der Waals surface area (Å²) in [6.45, 7) is 0. The summed E-state index contributed by atoms with van der Waals surface area (Å²) in [7, 11) is 4.03. The van der Waals surface area contributed by atoms with Crippen LogP contribution in [0.25, 0.3) is 0 Å². The largest absolute Gasteiger partial charge is 0.348 e. The van der Waals surface area contributed by atoms with Crippen LogP contribution in [0.5, 0.6) is 0 Å². The second-order valence-corrected chi connectivity index (χ2v) is 4.75. The first-order chi connectivity index (χ1) is 4.33. The molecule has 4 nitrogen and oxygen atoms in total. The van der Waals surface area contributed by atoms with Crippen LogP contribution in [0.2, 0.25) is 0 Å². The highest BCUT2D eigenvalue weighted by Crippen LogP contribution is 1.96. The molecule has 0 aliphatic rings. The van der Waals surface area contributed by atoms with Gasteiger partial charge < -0.3 is 4.90 Å². The molecular weight excluding hydrogens is 178 g/mol. The summed E-state index contributed by atoms with van der Waals surface area (Å²) in [4.78, 5) is 11.8. The molecule has 0 spiro atoms. The molecule has 0 unspecified atom stereocenters. The molecule has 0 aromatic rings. The fraction of sp³-hybridized carbons (Fsp3) is 0.750. The minimum atomic E-state index is -3.69. The molecule has 0 saturated carbocycles. The maximum Gasteiger partial charge on any atom is 0.241 e. The molecule has 0 aliphatic carbocycles. The van der Waals surface area contributed by atoms with Crippen LogP contribution in [0.15, 0.2) is 0 Å². The first-order valence-corrected chi connectivity index (χ1v) is 4.93. The van der Waals surface area contributed by atoms with E-state index in [2.05, 4.69) is 0 Å². The quantitative estimate of drug-likeness (QED) is 0.553. The molecular formula is C4H8ClNO3S. The summed E-state index contributed by atoms with van der Waals surface area (Å²) in [5.41, 5.74) is 0. The lowest BCUT2D eigenvalue weighted by atomic mass is 10.6. The monoisotopic (exact) mass is 185 g/mol. The van der Waals surface area contributed by atoms with E-state index in [1.165, 1.54) is 19.0 Å². The minimum absolute atomic E-state index is 0.519. The van der Waals surface area contributed by atoms with Crippen molar-refractivity contribution in [1.82, 2.24) is 4.90 Å². The molecule has 10 heavy (non-hydrogen) atoms. The maximum atomic E-state index is 10.6. The van der Waals surface area contributed by atoms with Crippen LogP contribution >= 0.6 is 10.7 Å². The second kappa shape index (κ2) is 3.21. The molecule has 0 saturated heterocycles. The van der Waals surface area contributed by atoms with Crippen LogP contribution in [0.1, 0.15) is 0 Å². The van der Waals surface area contributed by atoms with Crippen molar-refractivity contribution >= 4 is 25.6 Å². The van der Waals surface area contributed by atoms with E-state index in [1.807, 2.05) is 0 Å². The SMILES string of the molecule is CN(C)C(=O)CS(=O)(=O)Cl. The second-order valence-electron chi connectivity index (χ2n) is 1.97. The molecule has 0 heterocycles. The summed E-state index contributed by atoms with van der Waals surface area (Å²) in [6, 6.07) is 0. The van der Waals surface area contributed by atoms with Gasteiger partial charge in [0.15, 0.2) is 0 Å². The first-order valence-electron chi connectivity index (χ1n) is 2.45. The van der Waals surface area contributed by atoms with Gasteiger partial charge in [-0.3, -0.25) is 4.79 Å². The lowest BCUT2D eigenvalue weighted by molar-refractivity contribution is -0.125. The Morgan fingerprint density at radius 3 is 2.00 bits per heavy atom. The summed E-state index contributed by atoms with van der Waals surface area (Å²) < 4.78 is 20.5. The topological polar surface area (TPSA) is 54.5 Å². The van der Waals surface area contributed by atoms with Gasteiger partial charge in [-0.2, -0.15) is 0 Å². The van der Waals surface area contributed by atoms with Crippen LogP contribution in [0, 0.1) is 0 Å². The van der Waals surface area contributed by atoms with E-state index in [9.17, 15) is 13.2 Å². The number of carbonyl (C=O) groups excluding carboxylic acids is 1. The van der Waals surface area contributed by atoms with E-state index in [1.54, 1.807) is 0 Å². The number of hydrogen-bond acceptors (Lipinski definition) is 3. The molecule has 0 rings (SSSR count). The third kappa shape index (κ3) is 4.58. The summed E-state index contributed by atoms with van der Waals surface area (Å²) in [6.07, 6.45) is 0. The van der Waals surface area contributed by atoms with Gasteiger partial charge in [0.25, 0.3) is 0 Å². The van der Waals surface area contributed by atoms with Gasteiger partial charge >= 0.3 is 0 Å². The van der Waals surface area contributed by atoms with Crippen molar-refractivity contribution in [2.24, 2.45) is 0 Å². The van der Waals surface area contributed by atoms with E-state index >= 15 is 0 Å². The summed E-state index contributed by atoms with van der Waals surface area (Å²) >= 11 is 0. The van der Waals surface area contributed by atoms with Crippen molar-refractivity contribution < 1.29 is 13.2 Å². The highest BCUT2D eigenvalue weighted by molar-refractivity contribution is 8.14. The van der Waals surface area contributed by atoms with Gasteiger partial charge in [-0.15, -0.1) is 0 Å². The van der Waals surface area contributed by atoms with Gasteiger partial charge in [0, 0.05) is 24.8 Å². The van der Waals surface area contributed by atoms with Crippen molar-refractivity contribution in [3.05, 3.63) is 0 Å². The third-order valence-corrected chi connectivity index (χ3v) is 1.71. The van der Waals surface area contributed by atoms with Crippen molar-refractivity contribution in [3.63, 3.8) is 0 Å². The fourth-order valence-electron chi connectivity index (χ4n) is 0.277. The van der Waals surface area contributed by atoms with Crippen molar-refractivity contribution in [3.8, 4) is 0 Å². The van der Waals surface area contributed by atoms with E-state index in [-0.39, 0.29) is 0 Å². The molecule has 0 fully saturated rings. The van der Waals surface area contributed by atoms with Crippen molar-refractivity contribution in [2.45, 2.75) is 0 Å². The van der Waals surface area contributed by atoms with Gasteiger partial charge in [-0.05, 0) is 0 Å². The highest BCUT2D eigenvalue weighted by atomic mass is 35.7. The van der Waals surface area contributed by atoms with Gasteiger partial charge in [-0.1, -0.05) is 0 Å². The molecule has 0 N–H and O–H groups in total. The predicted molar refractivity (Wildman–Crippen MR) is 38.3 cm³/mol. The zero-order valence-electron chi connectivity index (χ0n) is 5.67. The van der Waals surface area contributed by atoms with Crippen LogP contribution < -0.4 is 0 Å². The minimum Gasteiger partial charge on any atom is -0.348 e. The number of carbonyl (C=O) groups is 1. The van der Waals surface area contributed by atoms with E-state index in [4.69, 9.17) is 10.7 Å². The molecule has 6 heteroatoms. The number of nitrogens with zero attached hydrogens (tertiary/aromatic N) is 1. The average molecular weight is 186 g/mol. The lowest BCUT2D eigenvalue weighted by Gasteiger charge is -2.06. The number of hydrogen-bond donors (Lipinski definition) is 0. The number of amides is 1. The molecule has 0 aromatic carbocycles. The van der Waals surface area contributed by atoms with Gasteiger partial charge in [0.2, 0.25) is 15.0 Å². The van der Waals surface area contributed by atoms with E-state index in [0.717, 1.165) is 0 Å². The number of halogens is 1. The van der Waals surface area contributed by atoms with E-state index < -0.39 is 20.7 Å². The van der Waals surface area contributed by atoms with Crippen molar-refractivity contribution in [2.75, 3.05) is 19.8 Å². The van der Waals surface area contributed by atoms with Crippen LogP contribution in [-0.2, 0) is 13.8 Å². The molecule has 1 amide bonds. The Hall–Kier alpha value is -0.290. The van der Waals surface area contributed by atoms with Crippen molar-refractivity contribution in [1.29, 1.82) is 0 Å². The van der Waals surface area contributed by atoms with Gasteiger partial charge in [0.05, 0.1) is 0 Å². The Labute approximate surface area is 64.2 Å². The first kappa shape index (κ1) is 9.71. The zero-order chi connectivity index (χ0) is 8.36. The Balaban J connectivity index is 4.07. The molecule has 60 valence electrons. The molecule has 0 bridgehead atoms. The zero-order valence-corrected chi connectivity index (χ0v) is 7.24. The molecule has 0 atom stereocenters. The summed E-state index contributed by atoms with van der Waals surface area (Å²) in [5, 5.41) is 0. The van der Waals surface area contributed by atoms with E-state index in [0.29, 0.717) is 0 Å². The normalized spacial score (nSPS) is 11.1. The predicted octanol–water partition coefficient (Wildman–Crippen LogP) is -0.357. The maximum absolute atomic E-state index is 10.6.